The van der Waals surface area contributed by atoms with Gasteiger partial charge in [0.25, 0.3) is 5.91 Å². The molecule has 0 saturated heterocycles. The van der Waals surface area contributed by atoms with E-state index in [-0.39, 0.29) is 12.5 Å². The Hall–Kier alpha value is -2.78. The van der Waals surface area contributed by atoms with Crippen molar-refractivity contribution in [3.63, 3.8) is 0 Å². The average molecular weight is 285 g/mol. The van der Waals surface area contributed by atoms with Crippen LogP contribution in [0.15, 0.2) is 30.5 Å². The average Bonchev–Trinajstić information content (AvgIpc) is 2.89. The van der Waals surface area contributed by atoms with Crippen molar-refractivity contribution in [3.05, 3.63) is 41.6 Å². The predicted octanol–water partition coefficient (Wildman–Crippen LogP) is 1.02. The molecule has 1 aromatic heterocycles. The summed E-state index contributed by atoms with van der Waals surface area (Å²) in [5.74, 6) is 6.02. The van der Waals surface area contributed by atoms with Crippen LogP contribution >= 0.6 is 0 Å². The first-order chi connectivity index (χ1) is 10.1. The summed E-state index contributed by atoms with van der Waals surface area (Å²) in [6, 6.07) is 6.61. The van der Waals surface area contributed by atoms with Crippen molar-refractivity contribution in [3.8, 4) is 17.6 Å². The third-order valence-corrected chi connectivity index (χ3v) is 2.72. The van der Waals surface area contributed by atoms with Crippen LogP contribution in [0.1, 0.15) is 15.9 Å². The van der Waals surface area contributed by atoms with Gasteiger partial charge in [-0.15, -0.1) is 0 Å². The monoisotopic (exact) mass is 285 g/mol. The highest BCUT2D eigenvalue weighted by atomic mass is 16.5. The van der Waals surface area contributed by atoms with Crippen molar-refractivity contribution >= 4 is 11.7 Å². The molecule has 6 heteroatoms. The van der Waals surface area contributed by atoms with Gasteiger partial charge in [-0.3, -0.25) is 9.48 Å². The summed E-state index contributed by atoms with van der Waals surface area (Å²) in [6.45, 7) is -0.256. The zero-order valence-corrected chi connectivity index (χ0v) is 11.8. The second kappa shape index (κ2) is 6.59. The molecule has 2 N–H and O–H groups in total. The number of carbonyl (C=O) groups is 1. The number of amides is 1. The lowest BCUT2D eigenvalue weighted by atomic mass is 10.1. The molecule has 0 unspecified atom stereocenters. The molecule has 0 aliphatic carbocycles. The molecular weight excluding hydrogens is 270 g/mol. The largest absolute Gasteiger partial charge is 0.495 e. The summed E-state index contributed by atoms with van der Waals surface area (Å²) < 4.78 is 6.77. The Kier molecular flexibility index (Phi) is 4.59. The number of rotatable bonds is 3. The number of carbonyl (C=O) groups excluding carboxylic acids is 1. The highest BCUT2D eigenvalue weighted by Gasteiger charge is 2.10. The minimum absolute atomic E-state index is 0.256. The number of aliphatic hydroxyl groups is 1. The first kappa shape index (κ1) is 14.6. The van der Waals surface area contributed by atoms with Gasteiger partial charge in [-0.1, -0.05) is 11.8 Å². The van der Waals surface area contributed by atoms with Gasteiger partial charge in [0.15, 0.2) is 5.82 Å². The zero-order valence-electron chi connectivity index (χ0n) is 11.8. The van der Waals surface area contributed by atoms with Crippen LogP contribution in [-0.2, 0) is 7.05 Å². The van der Waals surface area contributed by atoms with Crippen molar-refractivity contribution in [1.29, 1.82) is 0 Å². The SMILES string of the molecule is COc1ccc(C(=O)Nc2ccn(C)n2)cc1C#CCO. The fraction of sp³-hybridized carbons (Fsp3) is 0.200. The van der Waals surface area contributed by atoms with E-state index in [1.165, 1.54) is 7.11 Å². The number of ether oxygens (including phenoxy) is 1. The number of hydrogen-bond donors (Lipinski definition) is 2. The molecule has 0 aliphatic rings. The van der Waals surface area contributed by atoms with E-state index >= 15 is 0 Å². The molecule has 2 rings (SSSR count). The van der Waals surface area contributed by atoms with Crippen molar-refractivity contribution in [2.45, 2.75) is 0 Å². The van der Waals surface area contributed by atoms with Gasteiger partial charge in [0, 0.05) is 24.9 Å². The van der Waals surface area contributed by atoms with Gasteiger partial charge in [0.05, 0.1) is 12.7 Å². The summed E-state index contributed by atoms with van der Waals surface area (Å²) in [7, 11) is 3.29. The van der Waals surface area contributed by atoms with Crippen LogP contribution in [0.5, 0.6) is 5.75 Å². The van der Waals surface area contributed by atoms with Crippen LogP contribution in [0.4, 0.5) is 5.82 Å². The van der Waals surface area contributed by atoms with E-state index in [1.54, 1.807) is 42.2 Å². The lowest BCUT2D eigenvalue weighted by Gasteiger charge is -2.06. The van der Waals surface area contributed by atoms with E-state index in [0.717, 1.165) is 0 Å². The number of methoxy groups -OCH3 is 1. The molecule has 1 amide bonds. The van der Waals surface area contributed by atoms with E-state index in [1.807, 2.05) is 0 Å². The molecule has 0 fully saturated rings. The molecule has 0 aliphatic heterocycles. The van der Waals surface area contributed by atoms with Crippen LogP contribution in [0.25, 0.3) is 0 Å². The molecule has 1 heterocycles. The lowest BCUT2D eigenvalue weighted by Crippen LogP contribution is -2.13. The Morgan fingerprint density at radius 3 is 2.90 bits per heavy atom. The van der Waals surface area contributed by atoms with E-state index in [9.17, 15) is 4.79 Å². The summed E-state index contributed by atoms with van der Waals surface area (Å²) in [5, 5.41) is 15.5. The van der Waals surface area contributed by atoms with Crippen molar-refractivity contribution in [2.75, 3.05) is 19.0 Å². The zero-order chi connectivity index (χ0) is 15.2. The van der Waals surface area contributed by atoms with Crippen molar-refractivity contribution in [2.24, 2.45) is 7.05 Å². The minimum atomic E-state index is -0.289. The summed E-state index contributed by atoms with van der Waals surface area (Å²) >= 11 is 0. The highest BCUT2D eigenvalue weighted by Crippen LogP contribution is 2.19. The number of nitrogens with zero attached hydrogens (tertiary/aromatic N) is 2. The Balaban J connectivity index is 2.24. The molecular formula is C15H15N3O3. The van der Waals surface area contributed by atoms with Gasteiger partial charge >= 0.3 is 0 Å². The molecule has 0 bridgehead atoms. The molecule has 2 aromatic rings. The fourth-order valence-corrected chi connectivity index (χ4v) is 1.75. The van der Waals surface area contributed by atoms with Crippen LogP contribution in [0, 0.1) is 11.8 Å². The molecule has 21 heavy (non-hydrogen) atoms. The molecule has 0 radical (unpaired) electrons. The second-order valence-corrected chi connectivity index (χ2v) is 4.20. The van der Waals surface area contributed by atoms with E-state index < -0.39 is 0 Å². The summed E-state index contributed by atoms with van der Waals surface area (Å²) in [5.41, 5.74) is 0.976. The standard InChI is InChI=1S/C15H15N3O3/c1-18-8-7-14(17-18)16-15(20)12-5-6-13(21-2)11(10-12)4-3-9-19/h5-8,10,19H,9H2,1-2H3,(H,16,17,20). The lowest BCUT2D eigenvalue weighted by molar-refractivity contribution is 0.102. The Morgan fingerprint density at radius 1 is 1.48 bits per heavy atom. The van der Waals surface area contributed by atoms with Gasteiger partial charge in [0.1, 0.15) is 12.4 Å². The molecule has 6 nitrogen and oxygen atoms in total. The Bertz CT molecular complexity index is 710. The normalized spacial score (nSPS) is 9.67. The maximum Gasteiger partial charge on any atom is 0.256 e. The summed E-state index contributed by atoms with van der Waals surface area (Å²) in [6.07, 6.45) is 1.74. The number of aromatic nitrogens is 2. The second-order valence-electron chi connectivity index (χ2n) is 4.20. The molecule has 0 spiro atoms. The van der Waals surface area contributed by atoms with Gasteiger partial charge in [0.2, 0.25) is 0 Å². The maximum absolute atomic E-state index is 12.2. The van der Waals surface area contributed by atoms with Gasteiger partial charge in [-0.25, -0.2) is 0 Å². The Morgan fingerprint density at radius 2 is 2.29 bits per heavy atom. The highest BCUT2D eigenvalue weighted by molar-refractivity contribution is 6.04. The first-order valence-corrected chi connectivity index (χ1v) is 6.23. The van der Waals surface area contributed by atoms with Crippen LogP contribution < -0.4 is 10.1 Å². The van der Waals surface area contributed by atoms with E-state index in [0.29, 0.717) is 22.7 Å². The van der Waals surface area contributed by atoms with Gasteiger partial charge in [-0.05, 0) is 18.2 Å². The first-order valence-electron chi connectivity index (χ1n) is 6.23. The van der Waals surface area contributed by atoms with E-state index in [2.05, 4.69) is 22.3 Å². The molecule has 1 aromatic carbocycles. The predicted molar refractivity (Wildman–Crippen MR) is 78.1 cm³/mol. The number of nitrogens with one attached hydrogen (secondary N) is 1. The third kappa shape index (κ3) is 3.61. The molecule has 0 saturated carbocycles. The number of anilines is 1. The molecule has 0 atom stereocenters. The van der Waals surface area contributed by atoms with Crippen LogP contribution in [0.3, 0.4) is 0 Å². The van der Waals surface area contributed by atoms with E-state index in [4.69, 9.17) is 9.84 Å². The maximum atomic E-state index is 12.2. The number of hydrogen-bond acceptors (Lipinski definition) is 4. The number of benzene rings is 1. The van der Waals surface area contributed by atoms with Crippen LogP contribution in [-0.4, -0.2) is 34.5 Å². The minimum Gasteiger partial charge on any atom is -0.495 e. The molecule has 108 valence electrons. The van der Waals surface area contributed by atoms with Crippen molar-refractivity contribution < 1.29 is 14.6 Å². The van der Waals surface area contributed by atoms with Crippen LogP contribution in [0.2, 0.25) is 0 Å². The third-order valence-electron chi connectivity index (χ3n) is 2.72. The topological polar surface area (TPSA) is 76.4 Å². The van der Waals surface area contributed by atoms with Gasteiger partial charge < -0.3 is 15.2 Å². The quantitative estimate of drug-likeness (QED) is 0.826. The van der Waals surface area contributed by atoms with Gasteiger partial charge in [-0.2, -0.15) is 5.10 Å². The number of aryl methyl sites for hydroxylation is 1. The smallest absolute Gasteiger partial charge is 0.256 e. The summed E-state index contributed by atoms with van der Waals surface area (Å²) in [4.78, 5) is 12.2. The Labute approximate surface area is 122 Å². The fourth-order valence-electron chi connectivity index (χ4n) is 1.75. The van der Waals surface area contributed by atoms with Crippen molar-refractivity contribution in [1.82, 2.24) is 9.78 Å². The number of aliphatic hydroxyl groups excluding tert-OH is 1.